The van der Waals surface area contributed by atoms with Gasteiger partial charge in [0.15, 0.2) is 5.41 Å². The van der Waals surface area contributed by atoms with Crippen LogP contribution in [0.15, 0.2) is 29.3 Å². The minimum Gasteiger partial charge on any atom is -0.386 e. The number of aliphatic imine (C=N–C) groups is 1. The van der Waals surface area contributed by atoms with Crippen molar-refractivity contribution in [3.63, 3.8) is 0 Å². The summed E-state index contributed by atoms with van der Waals surface area (Å²) < 4.78 is 11.6. The van der Waals surface area contributed by atoms with E-state index in [9.17, 15) is 10.5 Å². The van der Waals surface area contributed by atoms with Crippen molar-refractivity contribution < 1.29 is 9.47 Å². The van der Waals surface area contributed by atoms with Gasteiger partial charge in [0.2, 0.25) is 0 Å². The van der Waals surface area contributed by atoms with Gasteiger partial charge in [0.25, 0.3) is 5.91 Å². The maximum absolute atomic E-state index is 9.97. The van der Waals surface area contributed by atoms with Crippen molar-refractivity contribution >= 4 is 17.4 Å². The lowest BCUT2D eigenvalue weighted by atomic mass is 9.94. The van der Waals surface area contributed by atoms with Crippen LogP contribution in [-0.4, -0.2) is 24.5 Å². The summed E-state index contributed by atoms with van der Waals surface area (Å²) >= 11 is 6.07. The first-order valence-corrected chi connectivity index (χ1v) is 7.61. The Bertz CT molecular complexity index is 828. The van der Waals surface area contributed by atoms with Gasteiger partial charge in [-0.2, -0.15) is 10.5 Å². The van der Waals surface area contributed by atoms with Crippen LogP contribution in [0, 0.1) is 33.5 Å². The Morgan fingerprint density at radius 2 is 2.17 bits per heavy atom. The second-order valence-corrected chi connectivity index (χ2v) is 6.58. The molecule has 7 heteroatoms. The Hall–Kier alpha value is -2.12. The molecule has 0 radical (unpaired) electrons. The number of benzene rings is 1. The molecule has 0 amide bonds. The van der Waals surface area contributed by atoms with Crippen molar-refractivity contribution in [1.82, 2.24) is 0 Å². The molecule has 4 rings (SSSR count). The van der Waals surface area contributed by atoms with Crippen molar-refractivity contribution in [2.75, 3.05) is 6.61 Å². The van der Waals surface area contributed by atoms with Gasteiger partial charge in [-0.1, -0.05) is 23.7 Å². The fourth-order valence-corrected chi connectivity index (χ4v) is 4.25. The maximum atomic E-state index is 9.97. The lowest BCUT2D eigenvalue weighted by Crippen LogP contribution is -2.39. The monoisotopic (exact) mass is 328 g/mol. The minimum atomic E-state index is -1.52. The lowest BCUT2D eigenvalue weighted by Gasteiger charge is -2.26. The highest BCUT2D eigenvalue weighted by molar-refractivity contribution is 6.30. The van der Waals surface area contributed by atoms with Gasteiger partial charge in [0, 0.05) is 10.9 Å². The summed E-state index contributed by atoms with van der Waals surface area (Å²) in [4.78, 5) is 4.26. The number of ether oxygens (including phenoxy) is 2. The van der Waals surface area contributed by atoms with Crippen LogP contribution in [0.4, 0.5) is 0 Å². The van der Waals surface area contributed by atoms with Crippen LogP contribution in [-0.2, 0) is 9.47 Å². The molecule has 3 aliphatic rings. The number of nitrogens with two attached hydrogens (primary N) is 1. The molecule has 1 aromatic carbocycles. The van der Waals surface area contributed by atoms with Crippen LogP contribution >= 0.6 is 11.6 Å². The number of rotatable bonds is 1. The molecular weight excluding hydrogens is 316 g/mol. The summed E-state index contributed by atoms with van der Waals surface area (Å²) in [5, 5.41) is 20.3. The summed E-state index contributed by atoms with van der Waals surface area (Å²) in [6, 6.07) is 11.5. The van der Waals surface area contributed by atoms with Gasteiger partial charge in [-0.05, 0) is 24.6 Å². The van der Waals surface area contributed by atoms with E-state index in [1.807, 2.05) is 13.0 Å². The number of hydrogen-bond donors (Lipinski definition) is 1. The Morgan fingerprint density at radius 1 is 1.39 bits per heavy atom. The van der Waals surface area contributed by atoms with Crippen LogP contribution in [0.25, 0.3) is 0 Å². The van der Waals surface area contributed by atoms with Crippen molar-refractivity contribution in [2.24, 2.45) is 21.6 Å². The van der Waals surface area contributed by atoms with E-state index in [-0.39, 0.29) is 11.9 Å². The van der Waals surface area contributed by atoms with Crippen molar-refractivity contribution in [3.8, 4) is 12.1 Å². The van der Waals surface area contributed by atoms with Crippen LogP contribution in [0.3, 0.4) is 0 Å². The molecule has 23 heavy (non-hydrogen) atoms. The summed E-state index contributed by atoms with van der Waals surface area (Å²) in [5.41, 5.74) is 4.28. The van der Waals surface area contributed by atoms with Crippen LogP contribution in [0.1, 0.15) is 18.4 Å². The first-order chi connectivity index (χ1) is 11.0. The van der Waals surface area contributed by atoms with Gasteiger partial charge < -0.3 is 15.2 Å². The SMILES string of the molecule is C[C@@H]1CO[C@@]2(N=C(N)[C@@]3(C#N)[C@@H](c4cccc(Cl)c4)[C@@]23C#N)O1. The molecule has 5 atom stereocenters. The van der Waals surface area contributed by atoms with Crippen molar-refractivity contribution in [2.45, 2.75) is 24.9 Å². The first-order valence-electron chi connectivity index (χ1n) is 7.23. The summed E-state index contributed by atoms with van der Waals surface area (Å²) in [5.74, 6) is -1.93. The average molecular weight is 329 g/mol. The second kappa shape index (κ2) is 4.24. The molecule has 1 aliphatic carbocycles. The van der Waals surface area contributed by atoms with Gasteiger partial charge in [0.1, 0.15) is 11.3 Å². The number of fused-ring (bicyclic) bond motifs is 2. The van der Waals surface area contributed by atoms with E-state index in [0.29, 0.717) is 11.6 Å². The molecule has 1 aromatic rings. The summed E-state index contributed by atoms with van der Waals surface area (Å²) in [6.45, 7) is 2.12. The Labute approximate surface area is 138 Å². The van der Waals surface area contributed by atoms with Crippen LogP contribution in [0.2, 0.25) is 5.02 Å². The Morgan fingerprint density at radius 3 is 2.74 bits per heavy atom. The average Bonchev–Trinajstić information content (AvgIpc) is 2.93. The van der Waals surface area contributed by atoms with Crippen LogP contribution in [0.5, 0.6) is 0 Å². The molecule has 2 heterocycles. The smallest absolute Gasteiger partial charge is 0.293 e. The third kappa shape index (κ3) is 1.38. The van der Waals surface area contributed by atoms with Gasteiger partial charge in [0.05, 0.1) is 24.8 Å². The van der Waals surface area contributed by atoms with E-state index in [2.05, 4.69) is 17.1 Å². The highest BCUT2D eigenvalue weighted by Crippen LogP contribution is 2.82. The fourth-order valence-electron chi connectivity index (χ4n) is 4.05. The van der Waals surface area contributed by atoms with Gasteiger partial charge >= 0.3 is 0 Å². The lowest BCUT2D eigenvalue weighted by molar-refractivity contribution is -0.193. The third-order valence-corrected chi connectivity index (χ3v) is 5.22. The molecule has 2 fully saturated rings. The molecule has 0 unspecified atom stereocenters. The largest absolute Gasteiger partial charge is 0.386 e. The molecule has 6 nitrogen and oxygen atoms in total. The molecule has 1 spiro atoms. The number of hydrogen-bond acceptors (Lipinski definition) is 6. The summed E-state index contributed by atoms with van der Waals surface area (Å²) in [6.07, 6.45) is -0.230. The Balaban J connectivity index is 1.93. The van der Waals surface area contributed by atoms with Crippen molar-refractivity contribution in [3.05, 3.63) is 34.9 Å². The van der Waals surface area contributed by atoms with E-state index in [0.717, 1.165) is 5.56 Å². The molecule has 2 aliphatic heterocycles. The zero-order valence-corrected chi connectivity index (χ0v) is 13.0. The number of halogens is 1. The highest BCUT2D eigenvalue weighted by Gasteiger charge is 2.94. The minimum absolute atomic E-state index is 0.0839. The zero-order valence-electron chi connectivity index (χ0n) is 12.3. The van der Waals surface area contributed by atoms with Gasteiger partial charge in [-0.15, -0.1) is 0 Å². The van der Waals surface area contributed by atoms with E-state index in [1.165, 1.54) is 0 Å². The first kappa shape index (κ1) is 14.5. The molecule has 2 N–H and O–H groups in total. The van der Waals surface area contributed by atoms with E-state index < -0.39 is 22.7 Å². The maximum Gasteiger partial charge on any atom is 0.293 e. The zero-order chi connectivity index (χ0) is 16.5. The number of nitriles is 2. The molecule has 116 valence electrons. The quantitative estimate of drug-likeness (QED) is 0.848. The standard InChI is InChI=1S/C16H13ClN4O2/c1-9-6-22-16(23-9)15(8-19)12(10-3-2-4-11(17)5-10)14(15,7-18)13(20)21-16/h2-5,9,12H,6H2,1H3,(H2,20,21)/t9-,12-,14-,15-,16-/m1/s1. The van der Waals surface area contributed by atoms with Crippen LogP contribution < -0.4 is 5.73 Å². The normalized spacial score (nSPS) is 43.6. The summed E-state index contributed by atoms with van der Waals surface area (Å²) in [7, 11) is 0. The van der Waals surface area contributed by atoms with E-state index >= 15 is 0 Å². The predicted molar refractivity (Wildman–Crippen MR) is 81.1 cm³/mol. The Kier molecular flexibility index (Phi) is 2.67. The van der Waals surface area contributed by atoms with Crippen molar-refractivity contribution in [1.29, 1.82) is 10.5 Å². The number of amidine groups is 1. The fraction of sp³-hybridized carbons (Fsp3) is 0.438. The molecule has 0 aromatic heterocycles. The second-order valence-electron chi connectivity index (χ2n) is 6.15. The topological polar surface area (TPSA) is 104 Å². The van der Waals surface area contributed by atoms with E-state index in [4.69, 9.17) is 26.8 Å². The van der Waals surface area contributed by atoms with Gasteiger partial charge in [-0.3, -0.25) is 0 Å². The predicted octanol–water partition coefficient (Wildman–Crippen LogP) is 1.92. The molecule has 0 bridgehead atoms. The number of nitrogens with zero attached hydrogens (tertiary/aromatic N) is 3. The van der Waals surface area contributed by atoms with Gasteiger partial charge in [-0.25, -0.2) is 4.99 Å². The highest BCUT2D eigenvalue weighted by atomic mass is 35.5. The molecular formula is C16H13ClN4O2. The molecule has 1 saturated carbocycles. The third-order valence-electron chi connectivity index (χ3n) is 4.98. The molecule has 1 saturated heterocycles. The van der Waals surface area contributed by atoms with E-state index in [1.54, 1.807) is 18.2 Å².